The minimum absolute atomic E-state index is 0.823. The van der Waals surface area contributed by atoms with Gasteiger partial charge >= 0.3 is 0 Å². The maximum atomic E-state index is 4.63. The van der Waals surface area contributed by atoms with E-state index in [0.29, 0.717) is 0 Å². The van der Waals surface area contributed by atoms with Crippen molar-refractivity contribution in [2.24, 2.45) is 4.99 Å². The van der Waals surface area contributed by atoms with Gasteiger partial charge in [0.25, 0.3) is 0 Å². The lowest BCUT2D eigenvalue weighted by Crippen LogP contribution is -2.38. The number of aromatic nitrogens is 2. The number of rotatable bonds is 9. The van der Waals surface area contributed by atoms with Crippen molar-refractivity contribution in [2.75, 3.05) is 25.4 Å². The number of thiazole rings is 2. The maximum absolute atomic E-state index is 4.63. The van der Waals surface area contributed by atoms with Gasteiger partial charge in [0.15, 0.2) is 5.96 Å². The molecule has 0 aliphatic heterocycles. The topological polar surface area (TPSA) is 62.2 Å². The molecule has 0 saturated carbocycles. The lowest BCUT2D eigenvalue weighted by Gasteiger charge is -2.10. The highest BCUT2D eigenvalue weighted by atomic mass is 32.2. The molecule has 132 valence electrons. The molecule has 0 radical (unpaired) electrons. The first-order valence-corrected chi connectivity index (χ1v) is 10.8. The molecule has 0 unspecified atom stereocenters. The standard InChI is InChI=1S/C16H25N5S3/c1-4-17-15(18-7-5-10-22-16-20-9-11-23-16)19-8-6-14-21-12(2)13(3)24-14/h9,11H,4-8,10H2,1-3H3,(H2,17,18,19). The van der Waals surface area contributed by atoms with Crippen LogP contribution in [0.3, 0.4) is 0 Å². The Morgan fingerprint density at radius 3 is 2.88 bits per heavy atom. The first-order chi connectivity index (χ1) is 11.7. The van der Waals surface area contributed by atoms with Gasteiger partial charge in [0.2, 0.25) is 0 Å². The average Bonchev–Trinajstić information content (AvgIpc) is 3.17. The predicted octanol–water partition coefficient (Wildman–Crippen LogP) is 3.50. The third kappa shape index (κ3) is 6.78. The van der Waals surface area contributed by atoms with Crippen LogP contribution in [0.25, 0.3) is 0 Å². The van der Waals surface area contributed by atoms with Crippen LogP contribution in [0.1, 0.15) is 28.9 Å². The van der Waals surface area contributed by atoms with Gasteiger partial charge in [-0.3, -0.25) is 4.99 Å². The molecule has 2 aromatic rings. The highest BCUT2D eigenvalue weighted by Gasteiger charge is 2.04. The molecular formula is C16H25N5S3. The minimum Gasteiger partial charge on any atom is -0.357 e. The zero-order valence-corrected chi connectivity index (χ0v) is 16.9. The summed E-state index contributed by atoms with van der Waals surface area (Å²) in [6.45, 7) is 8.82. The summed E-state index contributed by atoms with van der Waals surface area (Å²) in [4.78, 5) is 14.8. The fourth-order valence-corrected chi connectivity index (χ4v) is 4.54. The molecule has 0 spiro atoms. The van der Waals surface area contributed by atoms with Crippen LogP contribution in [0.15, 0.2) is 20.9 Å². The van der Waals surface area contributed by atoms with Gasteiger partial charge in [-0.05, 0) is 27.2 Å². The molecule has 0 bridgehead atoms. The Hall–Kier alpha value is -1.12. The molecule has 0 aliphatic carbocycles. The van der Waals surface area contributed by atoms with Gasteiger partial charge in [-0.15, -0.1) is 22.7 Å². The van der Waals surface area contributed by atoms with Gasteiger partial charge in [0.05, 0.1) is 10.7 Å². The molecule has 0 aliphatic rings. The Balaban J connectivity index is 1.67. The monoisotopic (exact) mass is 383 g/mol. The van der Waals surface area contributed by atoms with Crippen molar-refractivity contribution in [3.63, 3.8) is 0 Å². The van der Waals surface area contributed by atoms with Crippen molar-refractivity contribution in [2.45, 2.75) is 38.0 Å². The van der Waals surface area contributed by atoms with Crippen LogP contribution in [-0.2, 0) is 6.42 Å². The molecule has 2 aromatic heterocycles. The van der Waals surface area contributed by atoms with E-state index >= 15 is 0 Å². The predicted molar refractivity (Wildman–Crippen MR) is 107 cm³/mol. The summed E-state index contributed by atoms with van der Waals surface area (Å²) in [7, 11) is 0. The number of aryl methyl sites for hydroxylation is 2. The van der Waals surface area contributed by atoms with Crippen LogP contribution in [-0.4, -0.2) is 41.3 Å². The molecule has 8 heteroatoms. The van der Waals surface area contributed by atoms with Crippen LogP contribution in [0.2, 0.25) is 0 Å². The van der Waals surface area contributed by atoms with Crippen molar-refractivity contribution >= 4 is 40.4 Å². The van der Waals surface area contributed by atoms with Crippen LogP contribution >= 0.6 is 34.4 Å². The van der Waals surface area contributed by atoms with E-state index in [4.69, 9.17) is 0 Å². The zero-order valence-electron chi connectivity index (χ0n) is 14.5. The first-order valence-electron chi connectivity index (χ1n) is 8.16. The summed E-state index contributed by atoms with van der Waals surface area (Å²) >= 11 is 5.28. The molecule has 0 atom stereocenters. The van der Waals surface area contributed by atoms with Crippen LogP contribution in [0, 0.1) is 13.8 Å². The van der Waals surface area contributed by atoms with Gasteiger partial charge in [0.1, 0.15) is 4.34 Å². The van der Waals surface area contributed by atoms with E-state index in [9.17, 15) is 0 Å². The van der Waals surface area contributed by atoms with Crippen molar-refractivity contribution in [3.8, 4) is 0 Å². The lowest BCUT2D eigenvalue weighted by molar-refractivity contribution is 0.791. The number of aliphatic imine (C=N–C) groups is 1. The van der Waals surface area contributed by atoms with Crippen LogP contribution in [0.4, 0.5) is 0 Å². The number of hydrogen-bond acceptors (Lipinski definition) is 6. The largest absolute Gasteiger partial charge is 0.357 e. The van der Waals surface area contributed by atoms with E-state index in [0.717, 1.165) is 54.2 Å². The maximum Gasteiger partial charge on any atom is 0.191 e. The Morgan fingerprint density at radius 1 is 1.33 bits per heavy atom. The van der Waals surface area contributed by atoms with Crippen molar-refractivity contribution in [1.82, 2.24) is 20.6 Å². The molecule has 0 fully saturated rings. The second-order valence-electron chi connectivity index (χ2n) is 5.19. The molecule has 2 N–H and O–H groups in total. The number of nitrogens with one attached hydrogen (secondary N) is 2. The van der Waals surface area contributed by atoms with Crippen LogP contribution in [0.5, 0.6) is 0 Å². The van der Waals surface area contributed by atoms with E-state index < -0.39 is 0 Å². The van der Waals surface area contributed by atoms with Gasteiger partial charge in [0, 0.05) is 48.3 Å². The Kier molecular flexibility index (Phi) is 8.55. The van der Waals surface area contributed by atoms with E-state index in [1.807, 2.05) is 11.6 Å². The normalized spacial score (nSPS) is 11.7. The second kappa shape index (κ2) is 10.7. The van der Waals surface area contributed by atoms with E-state index in [1.165, 1.54) is 9.88 Å². The number of thioether (sulfide) groups is 1. The highest BCUT2D eigenvalue weighted by Crippen LogP contribution is 2.20. The molecular weight excluding hydrogens is 358 g/mol. The fraction of sp³-hybridized carbons (Fsp3) is 0.562. The van der Waals surface area contributed by atoms with E-state index in [2.05, 4.69) is 46.4 Å². The highest BCUT2D eigenvalue weighted by molar-refractivity contribution is 8.00. The number of nitrogens with zero attached hydrogens (tertiary/aromatic N) is 3. The number of hydrogen-bond donors (Lipinski definition) is 2. The molecule has 5 nitrogen and oxygen atoms in total. The quantitative estimate of drug-likeness (QED) is 0.300. The Labute approximate surface area is 156 Å². The molecule has 0 saturated heterocycles. The fourth-order valence-electron chi connectivity index (χ4n) is 1.97. The Bertz CT molecular complexity index is 602. The van der Waals surface area contributed by atoms with Gasteiger partial charge < -0.3 is 10.6 Å². The summed E-state index contributed by atoms with van der Waals surface area (Å²) in [6.07, 6.45) is 3.83. The molecule has 24 heavy (non-hydrogen) atoms. The molecule has 2 rings (SSSR count). The van der Waals surface area contributed by atoms with Crippen molar-refractivity contribution in [3.05, 3.63) is 27.2 Å². The SMILES string of the molecule is CCNC(=NCCCSc1nccs1)NCCc1nc(C)c(C)s1. The summed E-state index contributed by atoms with van der Waals surface area (Å²) in [5, 5.41) is 9.89. The zero-order chi connectivity index (χ0) is 17.2. The minimum atomic E-state index is 0.823. The average molecular weight is 384 g/mol. The van der Waals surface area contributed by atoms with E-state index in [-0.39, 0.29) is 0 Å². The lowest BCUT2D eigenvalue weighted by atomic mass is 10.4. The first kappa shape index (κ1) is 19.2. The molecule has 2 heterocycles. The smallest absolute Gasteiger partial charge is 0.191 e. The van der Waals surface area contributed by atoms with E-state index in [1.54, 1.807) is 34.4 Å². The third-order valence-electron chi connectivity index (χ3n) is 3.26. The van der Waals surface area contributed by atoms with Gasteiger partial charge in [-0.1, -0.05) is 11.8 Å². The summed E-state index contributed by atoms with van der Waals surface area (Å²) in [5.41, 5.74) is 1.15. The summed E-state index contributed by atoms with van der Waals surface area (Å²) < 4.78 is 1.14. The summed E-state index contributed by atoms with van der Waals surface area (Å²) in [6, 6.07) is 0. The van der Waals surface area contributed by atoms with Gasteiger partial charge in [-0.25, -0.2) is 9.97 Å². The van der Waals surface area contributed by atoms with Gasteiger partial charge in [-0.2, -0.15) is 0 Å². The summed E-state index contributed by atoms with van der Waals surface area (Å²) in [5.74, 6) is 1.94. The Morgan fingerprint density at radius 2 is 2.21 bits per heavy atom. The third-order valence-corrected chi connectivity index (χ3v) is 6.44. The van der Waals surface area contributed by atoms with Crippen molar-refractivity contribution in [1.29, 1.82) is 0 Å². The number of guanidine groups is 1. The molecule has 0 aromatic carbocycles. The van der Waals surface area contributed by atoms with Crippen LogP contribution < -0.4 is 10.6 Å². The molecule has 0 amide bonds. The second-order valence-corrected chi connectivity index (χ2v) is 8.71. The van der Waals surface area contributed by atoms with Crippen molar-refractivity contribution < 1.29 is 0 Å².